The van der Waals surface area contributed by atoms with Crippen molar-refractivity contribution >= 4 is 11.5 Å². The molecule has 1 saturated heterocycles. The second-order valence-electron chi connectivity index (χ2n) is 7.07. The van der Waals surface area contributed by atoms with Crippen molar-refractivity contribution in [1.82, 2.24) is 19.8 Å². The molecular weight excluding hydrogens is 347 g/mol. The normalized spacial score (nSPS) is 20.8. The fraction of sp³-hybridized carbons (Fsp3) is 0.706. The van der Waals surface area contributed by atoms with Gasteiger partial charge in [-0.1, -0.05) is 19.3 Å². The zero-order chi connectivity index (χ0) is 18.1. The Morgan fingerprint density at radius 1 is 0.923 bits per heavy atom. The van der Waals surface area contributed by atoms with Crippen LogP contribution < -0.4 is 4.90 Å². The van der Waals surface area contributed by atoms with Gasteiger partial charge in [0.25, 0.3) is 5.82 Å². The van der Waals surface area contributed by atoms with Crippen molar-refractivity contribution in [2.45, 2.75) is 63.3 Å². The van der Waals surface area contributed by atoms with E-state index in [2.05, 4.69) is 15.3 Å². The minimum absolute atomic E-state index is 0.0941. The first-order valence-corrected chi connectivity index (χ1v) is 9.21. The van der Waals surface area contributed by atoms with Gasteiger partial charge in [0.2, 0.25) is 0 Å². The Bertz CT molecular complexity index is 748. The predicted octanol–water partition coefficient (Wildman–Crippen LogP) is 3.46. The monoisotopic (exact) mass is 369 g/mol. The average Bonchev–Trinajstić information content (AvgIpc) is 3.07. The number of piperidine rings is 1. The number of nitrogens with zero attached hydrogens (tertiary/aromatic N) is 5. The van der Waals surface area contributed by atoms with E-state index in [4.69, 9.17) is 4.74 Å². The first-order chi connectivity index (χ1) is 12.5. The number of hydrogen-bond acceptors (Lipinski definition) is 5. The summed E-state index contributed by atoms with van der Waals surface area (Å²) >= 11 is 0. The fourth-order valence-corrected chi connectivity index (χ4v) is 3.82. The lowest BCUT2D eigenvalue weighted by Crippen LogP contribution is -2.39. The van der Waals surface area contributed by atoms with Crippen LogP contribution in [0.25, 0.3) is 5.65 Å². The average molecular weight is 369 g/mol. The number of halogens is 3. The highest BCUT2D eigenvalue weighted by Gasteiger charge is 2.38. The molecule has 142 valence electrons. The Labute approximate surface area is 149 Å². The third-order valence-electron chi connectivity index (χ3n) is 5.21. The molecule has 0 radical (unpaired) electrons. The Morgan fingerprint density at radius 2 is 1.62 bits per heavy atom. The summed E-state index contributed by atoms with van der Waals surface area (Å²) in [4.78, 5) is 2.00. The largest absolute Gasteiger partial charge is 0.453 e. The predicted molar refractivity (Wildman–Crippen MR) is 89.0 cm³/mol. The molecule has 0 bridgehead atoms. The molecule has 0 atom stereocenters. The van der Waals surface area contributed by atoms with Gasteiger partial charge in [0, 0.05) is 13.1 Å². The van der Waals surface area contributed by atoms with Crippen molar-refractivity contribution in [3.8, 4) is 0 Å². The molecule has 0 aromatic carbocycles. The zero-order valence-electron chi connectivity index (χ0n) is 14.5. The van der Waals surface area contributed by atoms with Crippen molar-refractivity contribution in [3.05, 3.63) is 18.0 Å². The molecule has 26 heavy (non-hydrogen) atoms. The second kappa shape index (κ2) is 7.02. The Balaban J connectivity index is 1.42. The van der Waals surface area contributed by atoms with Crippen LogP contribution in [0.1, 0.15) is 50.8 Å². The summed E-state index contributed by atoms with van der Waals surface area (Å²) in [5, 5.41) is 10.9. The summed E-state index contributed by atoms with van der Waals surface area (Å²) in [7, 11) is 0. The summed E-state index contributed by atoms with van der Waals surface area (Å²) in [6.07, 6.45) is 3.84. The maximum Gasteiger partial charge on any atom is 0.453 e. The number of alkyl halides is 3. The van der Waals surface area contributed by atoms with Gasteiger partial charge < -0.3 is 9.64 Å². The van der Waals surface area contributed by atoms with Crippen molar-refractivity contribution in [1.29, 1.82) is 0 Å². The minimum atomic E-state index is -4.58. The topological polar surface area (TPSA) is 55.5 Å². The highest BCUT2D eigenvalue weighted by Crippen LogP contribution is 2.29. The summed E-state index contributed by atoms with van der Waals surface area (Å²) in [6.45, 7) is 1.44. The van der Waals surface area contributed by atoms with Gasteiger partial charge in [0.1, 0.15) is 5.82 Å². The van der Waals surface area contributed by atoms with Gasteiger partial charge in [-0.15, -0.1) is 15.3 Å². The smallest absolute Gasteiger partial charge is 0.375 e. The van der Waals surface area contributed by atoms with Crippen LogP contribution >= 0.6 is 0 Å². The number of anilines is 1. The van der Waals surface area contributed by atoms with E-state index in [1.807, 2.05) is 4.90 Å². The molecular formula is C17H22F3N5O. The molecule has 2 fully saturated rings. The van der Waals surface area contributed by atoms with E-state index in [1.54, 1.807) is 6.07 Å². The van der Waals surface area contributed by atoms with E-state index < -0.39 is 12.0 Å². The van der Waals surface area contributed by atoms with Crippen LogP contribution in [0.4, 0.5) is 19.0 Å². The van der Waals surface area contributed by atoms with E-state index in [1.165, 1.54) is 25.3 Å². The van der Waals surface area contributed by atoms with Crippen LogP contribution in [0.5, 0.6) is 0 Å². The molecule has 0 unspecified atom stereocenters. The molecule has 0 amide bonds. The van der Waals surface area contributed by atoms with Gasteiger partial charge in [-0.3, -0.25) is 0 Å². The first-order valence-electron chi connectivity index (χ1n) is 9.21. The molecule has 1 saturated carbocycles. The molecule has 0 N–H and O–H groups in total. The number of aromatic nitrogens is 4. The number of fused-ring (bicyclic) bond motifs is 1. The number of rotatable bonds is 3. The molecule has 1 aliphatic carbocycles. The van der Waals surface area contributed by atoms with E-state index in [0.29, 0.717) is 11.9 Å². The van der Waals surface area contributed by atoms with E-state index in [9.17, 15) is 13.2 Å². The Hall–Kier alpha value is -1.90. The van der Waals surface area contributed by atoms with Crippen LogP contribution in [-0.2, 0) is 10.9 Å². The Kier molecular flexibility index (Phi) is 4.73. The summed E-state index contributed by atoms with van der Waals surface area (Å²) in [5.41, 5.74) is 0.0941. The first kappa shape index (κ1) is 17.5. The van der Waals surface area contributed by atoms with Gasteiger partial charge in [-0.05, 0) is 37.8 Å². The highest BCUT2D eigenvalue weighted by atomic mass is 19.4. The minimum Gasteiger partial charge on any atom is -0.375 e. The van der Waals surface area contributed by atoms with E-state index >= 15 is 0 Å². The van der Waals surface area contributed by atoms with Crippen molar-refractivity contribution in [3.63, 3.8) is 0 Å². The molecule has 0 spiro atoms. The van der Waals surface area contributed by atoms with Gasteiger partial charge in [0.15, 0.2) is 5.65 Å². The van der Waals surface area contributed by atoms with Crippen molar-refractivity contribution < 1.29 is 17.9 Å². The molecule has 1 aliphatic heterocycles. The third kappa shape index (κ3) is 3.62. The Morgan fingerprint density at radius 3 is 2.31 bits per heavy atom. The molecule has 3 heterocycles. The number of hydrogen-bond donors (Lipinski definition) is 0. The third-order valence-corrected chi connectivity index (χ3v) is 5.21. The van der Waals surface area contributed by atoms with Crippen LogP contribution in [-0.4, -0.2) is 45.1 Å². The van der Waals surface area contributed by atoms with Crippen LogP contribution in [0, 0.1) is 0 Å². The van der Waals surface area contributed by atoms with Gasteiger partial charge >= 0.3 is 6.18 Å². The van der Waals surface area contributed by atoms with Crippen molar-refractivity contribution in [2.75, 3.05) is 18.0 Å². The molecule has 2 aromatic heterocycles. The van der Waals surface area contributed by atoms with Crippen LogP contribution in [0.2, 0.25) is 0 Å². The van der Waals surface area contributed by atoms with Gasteiger partial charge in [0.05, 0.1) is 12.2 Å². The summed E-state index contributed by atoms with van der Waals surface area (Å²) in [6, 6.07) is 3.22. The molecule has 9 heteroatoms. The molecule has 6 nitrogen and oxygen atoms in total. The number of ether oxygens (including phenoxy) is 1. The molecule has 4 rings (SSSR count). The standard InChI is InChI=1S/C17H22F3N5O/c18-17(19,20)16-22-21-14-6-7-15(23-25(14)16)24-10-8-13(9-11-24)26-12-4-2-1-3-5-12/h6-7,12-13H,1-5,8-11H2. The fourth-order valence-electron chi connectivity index (χ4n) is 3.82. The van der Waals surface area contributed by atoms with Gasteiger partial charge in [-0.2, -0.15) is 17.7 Å². The summed E-state index contributed by atoms with van der Waals surface area (Å²) in [5.74, 6) is -0.580. The maximum atomic E-state index is 13.0. The molecule has 2 aromatic rings. The van der Waals surface area contributed by atoms with Crippen LogP contribution in [0.3, 0.4) is 0 Å². The lowest BCUT2D eigenvalue weighted by Gasteiger charge is -2.35. The van der Waals surface area contributed by atoms with Crippen LogP contribution in [0.15, 0.2) is 12.1 Å². The molecule has 2 aliphatic rings. The van der Waals surface area contributed by atoms with Gasteiger partial charge in [-0.25, -0.2) is 0 Å². The van der Waals surface area contributed by atoms with E-state index in [-0.39, 0.29) is 11.8 Å². The highest BCUT2D eigenvalue weighted by molar-refractivity contribution is 5.46. The SMILES string of the molecule is FC(F)(F)c1nnc2ccc(N3CCC(OC4CCCCC4)CC3)nn12. The quantitative estimate of drug-likeness (QED) is 0.829. The lowest BCUT2D eigenvalue weighted by atomic mass is 9.97. The maximum absolute atomic E-state index is 13.0. The summed E-state index contributed by atoms with van der Waals surface area (Å²) < 4.78 is 46.0. The van der Waals surface area contributed by atoms with E-state index in [0.717, 1.165) is 43.3 Å². The zero-order valence-corrected chi connectivity index (χ0v) is 14.5. The lowest BCUT2D eigenvalue weighted by molar-refractivity contribution is -0.146. The second-order valence-corrected chi connectivity index (χ2v) is 7.07. The van der Waals surface area contributed by atoms with Crippen molar-refractivity contribution in [2.24, 2.45) is 0 Å².